The van der Waals surface area contributed by atoms with Gasteiger partial charge in [-0.1, -0.05) is 35.9 Å². The lowest BCUT2D eigenvalue weighted by molar-refractivity contribution is -0.244. The number of carbonyl (C=O) groups excluding carboxylic acids is 1. The molecule has 2 aromatic carbocycles. The third kappa shape index (κ3) is 3.92. The monoisotopic (exact) mass is 463 g/mol. The van der Waals surface area contributed by atoms with Crippen LogP contribution in [0.15, 0.2) is 42.5 Å². The lowest BCUT2D eigenvalue weighted by atomic mass is 9.54. The smallest absolute Gasteiger partial charge is 0.238 e. The molecule has 7 rings (SSSR count). The van der Waals surface area contributed by atoms with Gasteiger partial charge in [-0.15, -0.1) is 11.8 Å². The third-order valence-corrected chi connectivity index (χ3v) is 9.55. The number of ether oxygens (including phenoxy) is 1. The molecule has 174 valence electrons. The van der Waals surface area contributed by atoms with Crippen molar-refractivity contribution in [2.75, 3.05) is 10.7 Å². The molecule has 2 atom stereocenters. The molecule has 5 fully saturated rings. The van der Waals surface area contributed by atoms with Crippen molar-refractivity contribution < 1.29 is 14.6 Å². The number of aliphatic hydroxyl groups excluding tert-OH is 1. The lowest BCUT2D eigenvalue weighted by Gasteiger charge is -2.56. The van der Waals surface area contributed by atoms with Crippen molar-refractivity contribution in [2.45, 2.75) is 69.6 Å². The zero-order chi connectivity index (χ0) is 22.7. The molecule has 1 N–H and O–H groups in total. The van der Waals surface area contributed by atoms with E-state index in [2.05, 4.69) is 31.2 Å². The van der Waals surface area contributed by atoms with Crippen molar-refractivity contribution >= 4 is 23.4 Å². The zero-order valence-corrected chi connectivity index (χ0v) is 20.3. The van der Waals surface area contributed by atoms with Crippen LogP contribution in [0.5, 0.6) is 0 Å². The predicted molar refractivity (Wildman–Crippen MR) is 132 cm³/mol. The highest BCUT2D eigenvalue weighted by Gasteiger charge is 2.52. The van der Waals surface area contributed by atoms with E-state index < -0.39 is 6.29 Å². The first kappa shape index (κ1) is 21.7. The van der Waals surface area contributed by atoms with Gasteiger partial charge in [-0.3, -0.25) is 9.69 Å². The second-order valence-electron chi connectivity index (χ2n) is 11.0. The number of aliphatic hydroxyl groups is 1. The number of nitrogens with zero attached hydrogens (tertiary/aromatic N) is 1. The van der Waals surface area contributed by atoms with Gasteiger partial charge in [0.25, 0.3) is 0 Å². The van der Waals surface area contributed by atoms with E-state index in [-0.39, 0.29) is 16.9 Å². The Morgan fingerprint density at radius 2 is 1.64 bits per heavy atom. The van der Waals surface area contributed by atoms with Gasteiger partial charge in [-0.2, -0.15) is 0 Å². The van der Waals surface area contributed by atoms with Crippen LogP contribution in [0.25, 0.3) is 0 Å². The molecule has 0 aromatic heterocycles. The Kier molecular flexibility index (Phi) is 5.35. The summed E-state index contributed by atoms with van der Waals surface area (Å²) in [5, 5.41) is 11.0. The summed E-state index contributed by atoms with van der Waals surface area (Å²) >= 11 is 1.67. The Bertz CT molecular complexity index is 1030. The van der Waals surface area contributed by atoms with Crippen LogP contribution in [0.3, 0.4) is 0 Å². The SMILES string of the molecule is Cc1ccc(C2SCC(=O)N2c2ccc(C(O)OC34CC5CC(CC(C5)C3)C4)cc2C)cc1. The van der Waals surface area contributed by atoms with Crippen molar-refractivity contribution in [1.82, 2.24) is 0 Å². The molecule has 1 heterocycles. The highest BCUT2D eigenvalue weighted by molar-refractivity contribution is 8.00. The van der Waals surface area contributed by atoms with E-state index >= 15 is 0 Å². The van der Waals surface area contributed by atoms with Gasteiger partial charge >= 0.3 is 0 Å². The van der Waals surface area contributed by atoms with Gasteiger partial charge in [-0.05, 0) is 93.4 Å². The first-order valence-electron chi connectivity index (χ1n) is 12.4. The van der Waals surface area contributed by atoms with Crippen LogP contribution in [-0.4, -0.2) is 22.4 Å². The number of thioether (sulfide) groups is 1. The molecule has 4 aliphatic carbocycles. The fourth-order valence-corrected chi connectivity index (χ4v) is 8.41. The topological polar surface area (TPSA) is 49.8 Å². The van der Waals surface area contributed by atoms with Crippen LogP contribution in [-0.2, 0) is 9.53 Å². The number of hydrogen-bond acceptors (Lipinski definition) is 4. The quantitative estimate of drug-likeness (QED) is 0.548. The molecule has 0 spiro atoms. The normalized spacial score (nSPS) is 33.7. The molecular formula is C28H33NO3S. The van der Waals surface area contributed by atoms with Crippen LogP contribution in [0, 0.1) is 31.6 Å². The zero-order valence-electron chi connectivity index (χ0n) is 19.5. The first-order chi connectivity index (χ1) is 15.9. The Labute approximate surface area is 200 Å². The maximum atomic E-state index is 12.8. The Hall–Kier alpha value is -1.82. The van der Waals surface area contributed by atoms with Gasteiger partial charge < -0.3 is 9.84 Å². The van der Waals surface area contributed by atoms with Gasteiger partial charge in [-0.25, -0.2) is 0 Å². The number of benzene rings is 2. The minimum absolute atomic E-state index is 0.0177. The van der Waals surface area contributed by atoms with Crippen LogP contribution >= 0.6 is 11.8 Å². The summed E-state index contributed by atoms with van der Waals surface area (Å²) < 4.78 is 6.45. The molecule has 0 radical (unpaired) electrons. The van der Waals surface area contributed by atoms with E-state index in [1.807, 2.05) is 30.0 Å². The molecule has 2 aromatic rings. The summed E-state index contributed by atoms with van der Waals surface area (Å²) in [7, 11) is 0. The van der Waals surface area contributed by atoms with Gasteiger partial charge in [0.15, 0.2) is 6.29 Å². The Morgan fingerprint density at radius 1 is 1.00 bits per heavy atom. The van der Waals surface area contributed by atoms with E-state index in [0.29, 0.717) is 5.75 Å². The highest BCUT2D eigenvalue weighted by Crippen LogP contribution is 2.58. The van der Waals surface area contributed by atoms with E-state index in [1.54, 1.807) is 11.8 Å². The van der Waals surface area contributed by atoms with E-state index in [9.17, 15) is 9.90 Å². The van der Waals surface area contributed by atoms with Crippen molar-refractivity contribution in [3.63, 3.8) is 0 Å². The predicted octanol–water partition coefficient (Wildman–Crippen LogP) is 6.06. The van der Waals surface area contributed by atoms with E-state index in [1.165, 1.54) is 24.8 Å². The summed E-state index contributed by atoms with van der Waals surface area (Å²) in [6.45, 7) is 4.10. The molecule has 5 heteroatoms. The fraction of sp³-hybridized carbons (Fsp3) is 0.536. The second-order valence-corrected chi connectivity index (χ2v) is 12.0. The first-order valence-corrected chi connectivity index (χ1v) is 13.4. The average molecular weight is 464 g/mol. The molecule has 4 bridgehead atoms. The maximum Gasteiger partial charge on any atom is 0.238 e. The number of hydrogen-bond donors (Lipinski definition) is 1. The van der Waals surface area contributed by atoms with Crippen LogP contribution in [0.2, 0.25) is 0 Å². The third-order valence-electron chi connectivity index (χ3n) is 8.34. The summed E-state index contributed by atoms with van der Waals surface area (Å²) in [4.78, 5) is 14.8. The average Bonchev–Trinajstić information content (AvgIpc) is 3.14. The van der Waals surface area contributed by atoms with E-state index in [4.69, 9.17) is 4.74 Å². The molecule has 4 nitrogen and oxygen atoms in total. The molecule has 5 aliphatic rings. The van der Waals surface area contributed by atoms with Crippen molar-refractivity contribution in [1.29, 1.82) is 0 Å². The van der Waals surface area contributed by atoms with Gasteiger partial charge in [0.2, 0.25) is 5.91 Å². The van der Waals surface area contributed by atoms with Gasteiger partial charge in [0.1, 0.15) is 5.37 Å². The molecule has 1 amide bonds. The number of rotatable bonds is 5. The van der Waals surface area contributed by atoms with Gasteiger partial charge in [0.05, 0.1) is 11.4 Å². The summed E-state index contributed by atoms with van der Waals surface area (Å²) in [5.74, 6) is 2.96. The summed E-state index contributed by atoms with van der Waals surface area (Å²) in [5.41, 5.74) is 4.92. The summed E-state index contributed by atoms with van der Waals surface area (Å²) in [6.07, 6.45) is 6.47. The van der Waals surface area contributed by atoms with Crippen molar-refractivity contribution in [2.24, 2.45) is 17.8 Å². The van der Waals surface area contributed by atoms with Crippen LogP contribution in [0.1, 0.15) is 72.4 Å². The number of amides is 1. The van der Waals surface area contributed by atoms with Crippen molar-refractivity contribution in [3.05, 3.63) is 64.7 Å². The van der Waals surface area contributed by atoms with Crippen molar-refractivity contribution in [3.8, 4) is 0 Å². The Balaban J connectivity index is 1.23. The molecular weight excluding hydrogens is 430 g/mol. The minimum Gasteiger partial charge on any atom is -0.364 e. The molecule has 4 saturated carbocycles. The molecule has 1 saturated heterocycles. The summed E-state index contributed by atoms with van der Waals surface area (Å²) in [6, 6.07) is 14.4. The minimum atomic E-state index is -0.912. The van der Waals surface area contributed by atoms with Crippen LogP contribution < -0.4 is 4.90 Å². The standard InChI is InChI=1S/C28H33NO3S/c1-17-3-5-22(6-4-17)26-29(25(30)16-33-26)24-8-7-23(9-18(24)2)27(31)32-28-13-19-10-20(14-28)12-21(11-19)15-28/h3-9,19-21,26-27,31H,10-16H2,1-2H3. The number of anilines is 1. The Morgan fingerprint density at radius 3 is 2.24 bits per heavy atom. The lowest BCUT2D eigenvalue weighted by Crippen LogP contribution is -2.52. The number of carbonyl (C=O) groups is 1. The molecule has 33 heavy (non-hydrogen) atoms. The highest BCUT2D eigenvalue weighted by atomic mass is 32.2. The van der Waals surface area contributed by atoms with Gasteiger partial charge in [0, 0.05) is 11.3 Å². The fourth-order valence-electron chi connectivity index (χ4n) is 7.25. The van der Waals surface area contributed by atoms with Crippen LogP contribution in [0.4, 0.5) is 5.69 Å². The molecule has 1 aliphatic heterocycles. The largest absolute Gasteiger partial charge is 0.364 e. The second kappa shape index (κ2) is 8.14. The number of aryl methyl sites for hydroxylation is 2. The molecule has 2 unspecified atom stereocenters. The van der Waals surface area contributed by atoms with E-state index in [0.717, 1.165) is 59.4 Å². The maximum absolute atomic E-state index is 12.8.